The number of para-hydroxylation sites is 2. The summed E-state index contributed by atoms with van der Waals surface area (Å²) < 4.78 is 48.6. The fourth-order valence-corrected chi connectivity index (χ4v) is 11.4. The topological polar surface area (TPSA) is 76.6 Å². The first-order chi connectivity index (χ1) is 31.7. The summed E-state index contributed by atoms with van der Waals surface area (Å²) in [6.07, 6.45) is 0. The van der Waals surface area contributed by atoms with E-state index in [9.17, 15) is 13.0 Å². The molecule has 0 bridgehead atoms. The molecule has 0 N–H and O–H groups in total. The SMILES string of the molecule is CC(C)c1cccc(C(C)C)c1N(CSc1ccccc1)c1ccc2c(-c3ccccc3S(=O)(=O)[O-])c3cc/c(=[N+](/CSc4ccccc4)c4c(C(C)C)cccc4C(C)C)cc-3oc2c1. The van der Waals surface area contributed by atoms with E-state index in [4.69, 9.17) is 4.42 Å². The maximum atomic E-state index is 13.0. The average Bonchev–Trinajstić information content (AvgIpc) is 3.31. The van der Waals surface area contributed by atoms with Crippen LogP contribution in [0.25, 0.3) is 33.4 Å². The zero-order chi connectivity index (χ0) is 46.7. The van der Waals surface area contributed by atoms with E-state index in [-0.39, 0.29) is 28.6 Å². The molecule has 1 aliphatic carbocycles. The van der Waals surface area contributed by atoms with Crippen molar-refractivity contribution in [2.45, 2.75) is 93.7 Å². The number of benzene rings is 7. The van der Waals surface area contributed by atoms with Gasteiger partial charge in [0.25, 0.3) is 0 Å². The van der Waals surface area contributed by atoms with Crippen LogP contribution in [0.2, 0.25) is 0 Å². The largest absolute Gasteiger partial charge is 0.744 e. The number of anilines is 2. The molecule has 0 saturated heterocycles. The van der Waals surface area contributed by atoms with Crippen molar-refractivity contribution in [2.75, 3.05) is 16.7 Å². The van der Waals surface area contributed by atoms with Crippen molar-refractivity contribution >= 4 is 61.7 Å². The lowest BCUT2D eigenvalue weighted by Crippen LogP contribution is -2.27. The van der Waals surface area contributed by atoms with E-state index in [1.54, 1.807) is 41.7 Å². The number of rotatable bonds is 15. The molecule has 0 aromatic heterocycles. The molecule has 66 heavy (non-hydrogen) atoms. The molecular weight excluding hydrogens is 873 g/mol. The molecule has 1 heterocycles. The van der Waals surface area contributed by atoms with Gasteiger partial charge < -0.3 is 13.9 Å². The van der Waals surface area contributed by atoms with Gasteiger partial charge >= 0.3 is 0 Å². The van der Waals surface area contributed by atoms with E-state index >= 15 is 0 Å². The van der Waals surface area contributed by atoms with Gasteiger partial charge in [0.2, 0.25) is 11.0 Å². The number of nitrogens with zero attached hydrogens (tertiary/aromatic N) is 2. The minimum atomic E-state index is -4.86. The second kappa shape index (κ2) is 20.1. The smallest absolute Gasteiger partial charge is 0.213 e. The Balaban J connectivity index is 1.45. The molecule has 9 heteroatoms. The number of hydrogen-bond acceptors (Lipinski definition) is 7. The molecular formula is C57H58N2O4S3. The Morgan fingerprint density at radius 2 is 1.12 bits per heavy atom. The summed E-state index contributed by atoms with van der Waals surface area (Å²) >= 11 is 3.54. The van der Waals surface area contributed by atoms with Gasteiger partial charge in [-0.15, -0.1) is 11.8 Å². The molecule has 1 aliphatic heterocycles. The van der Waals surface area contributed by atoms with Crippen LogP contribution in [0.1, 0.15) is 101 Å². The highest BCUT2D eigenvalue weighted by molar-refractivity contribution is 7.99. The van der Waals surface area contributed by atoms with E-state index in [0.29, 0.717) is 45.2 Å². The Morgan fingerprint density at radius 1 is 0.576 bits per heavy atom. The van der Waals surface area contributed by atoms with E-state index in [1.165, 1.54) is 39.7 Å². The Kier molecular flexibility index (Phi) is 14.3. The zero-order valence-corrected chi connectivity index (χ0v) is 41.4. The number of thioether (sulfide) groups is 2. The summed E-state index contributed by atoms with van der Waals surface area (Å²) in [6, 6.07) is 53.1. The highest BCUT2D eigenvalue weighted by atomic mass is 32.2. The molecule has 0 spiro atoms. The monoisotopic (exact) mass is 930 g/mol. The summed E-state index contributed by atoms with van der Waals surface area (Å²) in [5, 5.41) is 1.64. The van der Waals surface area contributed by atoms with Crippen molar-refractivity contribution in [1.29, 1.82) is 0 Å². The highest BCUT2D eigenvalue weighted by Gasteiger charge is 2.28. The zero-order valence-electron chi connectivity index (χ0n) is 39.0. The van der Waals surface area contributed by atoms with Crippen molar-refractivity contribution in [2.24, 2.45) is 0 Å². The normalized spacial score (nSPS) is 12.6. The van der Waals surface area contributed by atoms with Crippen LogP contribution >= 0.6 is 23.5 Å². The fourth-order valence-electron chi connectivity index (χ4n) is 8.88. The second-order valence-corrected chi connectivity index (χ2v) is 21.4. The van der Waals surface area contributed by atoms with E-state index in [2.05, 4.69) is 174 Å². The standard InChI is InChI=1S/C57H58N2O4S3/c1-37(2)45-24-17-25-46(38(3)4)56(45)58(35-64-43-19-11-9-12-20-43)41-29-31-49-52(33-41)63-53-34-42(30-32-50(53)55(49)51-23-15-16-28-54(51)66(60,61)62)59(36-65-44-21-13-10-14-22-44)57-47(39(5)6)26-18-27-48(57)40(7)8/h9-34,37-40H,35-36H2,1-8H3. The third-order valence-electron chi connectivity index (χ3n) is 12.2. The highest BCUT2D eigenvalue weighted by Crippen LogP contribution is 2.46. The quantitative estimate of drug-likeness (QED) is 0.0333. The lowest BCUT2D eigenvalue weighted by molar-refractivity contribution is 0.463. The second-order valence-electron chi connectivity index (χ2n) is 18.0. The molecule has 2 aliphatic rings. The molecule has 0 saturated carbocycles. The molecule has 0 unspecified atom stereocenters. The predicted molar refractivity (Wildman–Crippen MR) is 277 cm³/mol. The van der Waals surface area contributed by atoms with Crippen LogP contribution in [0.15, 0.2) is 177 Å². The Bertz CT molecular complexity index is 3090. The first kappa shape index (κ1) is 46.9. The number of fused-ring (bicyclic) bond motifs is 2. The molecule has 6 nitrogen and oxygen atoms in total. The molecule has 0 atom stereocenters. The first-order valence-corrected chi connectivity index (χ1v) is 26.1. The third kappa shape index (κ3) is 9.91. The molecule has 0 amide bonds. The maximum absolute atomic E-state index is 13.0. The van der Waals surface area contributed by atoms with Crippen molar-refractivity contribution in [3.05, 3.63) is 185 Å². The Morgan fingerprint density at radius 3 is 1.70 bits per heavy atom. The Labute approximate surface area is 399 Å². The molecule has 6 aromatic carbocycles. The van der Waals surface area contributed by atoms with Gasteiger partial charge in [-0.1, -0.05) is 158 Å². The van der Waals surface area contributed by atoms with Gasteiger partial charge in [0.15, 0.2) is 5.88 Å². The minimum Gasteiger partial charge on any atom is -0.744 e. The summed E-state index contributed by atoms with van der Waals surface area (Å²) in [6.45, 7) is 17.9. The van der Waals surface area contributed by atoms with Crippen LogP contribution in [0.5, 0.6) is 0 Å². The van der Waals surface area contributed by atoms with Gasteiger partial charge in [0, 0.05) is 66.5 Å². The predicted octanol–water partition coefficient (Wildman–Crippen LogP) is 15.3. The lowest BCUT2D eigenvalue weighted by atomic mass is 9.91. The van der Waals surface area contributed by atoms with Gasteiger partial charge in [-0.2, -0.15) is 4.58 Å². The van der Waals surface area contributed by atoms with E-state index in [0.717, 1.165) is 20.8 Å². The van der Waals surface area contributed by atoms with Crippen molar-refractivity contribution in [3.63, 3.8) is 0 Å². The van der Waals surface area contributed by atoms with Crippen LogP contribution in [0.4, 0.5) is 17.1 Å². The van der Waals surface area contributed by atoms with Crippen molar-refractivity contribution in [3.8, 4) is 22.5 Å². The first-order valence-electron chi connectivity index (χ1n) is 22.8. The number of hydrogen-bond donors (Lipinski definition) is 0. The van der Waals surface area contributed by atoms with Gasteiger partial charge in [-0.25, -0.2) is 8.42 Å². The summed E-state index contributed by atoms with van der Waals surface area (Å²) in [5.74, 6) is 2.86. The fraction of sp³-hybridized carbons (Fsp3) is 0.246. The van der Waals surface area contributed by atoms with Crippen molar-refractivity contribution < 1.29 is 17.4 Å². The van der Waals surface area contributed by atoms with Gasteiger partial charge in [0.1, 0.15) is 21.5 Å². The molecule has 0 radical (unpaired) electrons. The Hall–Kier alpha value is -5.58. The average molecular weight is 931 g/mol. The van der Waals surface area contributed by atoms with Gasteiger partial charge in [-0.05, 0) is 83.3 Å². The van der Waals surface area contributed by atoms with Gasteiger partial charge in [-0.3, -0.25) is 0 Å². The van der Waals surface area contributed by atoms with Crippen molar-refractivity contribution in [1.82, 2.24) is 4.58 Å². The molecule has 8 rings (SSSR count). The third-order valence-corrected chi connectivity index (χ3v) is 15.1. The minimum absolute atomic E-state index is 0.257. The summed E-state index contributed by atoms with van der Waals surface area (Å²) in [7, 11) is -4.86. The van der Waals surface area contributed by atoms with Crippen LogP contribution in [-0.4, -0.2) is 24.7 Å². The molecule has 6 aromatic rings. The van der Waals surface area contributed by atoms with Crippen LogP contribution < -0.4 is 14.8 Å². The van der Waals surface area contributed by atoms with Crippen LogP contribution in [0.3, 0.4) is 0 Å². The summed E-state index contributed by atoms with van der Waals surface area (Å²) in [4.78, 5) is 4.44. The molecule has 0 fully saturated rings. The summed E-state index contributed by atoms with van der Waals surface area (Å²) in [5.41, 5.74) is 10.5. The van der Waals surface area contributed by atoms with E-state index in [1.807, 2.05) is 24.3 Å². The van der Waals surface area contributed by atoms with Crippen LogP contribution in [-0.2, 0) is 10.1 Å². The van der Waals surface area contributed by atoms with E-state index < -0.39 is 10.1 Å². The van der Waals surface area contributed by atoms with Gasteiger partial charge in [0.05, 0.1) is 16.8 Å². The van der Waals surface area contributed by atoms with Crippen LogP contribution in [0, 0.1) is 0 Å². The lowest BCUT2D eigenvalue weighted by Gasteiger charge is -2.32. The maximum Gasteiger partial charge on any atom is 0.213 e. The molecule has 338 valence electrons.